The minimum Gasteiger partial charge on any atom is -0.326 e. The van der Waals surface area contributed by atoms with Crippen LogP contribution in [0.3, 0.4) is 0 Å². The highest BCUT2D eigenvalue weighted by atomic mass is 16.2. The summed E-state index contributed by atoms with van der Waals surface area (Å²) in [6.07, 6.45) is 2.03. The first kappa shape index (κ1) is 13.6. The van der Waals surface area contributed by atoms with Crippen LogP contribution in [0.1, 0.15) is 25.0 Å². The van der Waals surface area contributed by atoms with Gasteiger partial charge in [-0.2, -0.15) is 0 Å². The second-order valence-corrected chi connectivity index (χ2v) is 5.82. The molecule has 1 aliphatic rings. The molecule has 1 amide bonds. The number of carbonyl (C=O) groups is 1. The predicted octanol–water partition coefficient (Wildman–Crippen LogP) is 3.85. The van der Waals surface area contributed by atoms with Gasteiger partial charge in [0.15, 0.2) is 0 Å². The van der Waals surface area contributed by atoms with Crippen LogP contribution in [0.15, 0.2) is 66.7 Å². The van der Waals surface area contributed by atoms with Crippen molar-refractivity contribution in [3.63, 3.8) is 0 Å². The monoisotopic (exact) mass is 277 g/mol. The van der Waals surface area contributed by atoms with Crippen LogP contribution in [0.5, 0.6) is 0 Å². The molecule has 2 heteroatoms. The lowest BCUT2D eigenvalue weighted by atomic mass is 9.92. The van der Waals surface area contributed by atoms with E-state index in [9.17, 15) is 4.79 Å². The minimum atomic E-state index is -0.314. The van der Waals surface area contributed by atoms with E-state index in [-0.39, 0.29) is 11.4 Å². The Labute approximate surface area is 125 Å². The summed E-state index contributed by atoms with van der Waals surface area (Å²) in [6, 6.07) is 20.1. The van der Waals surface area contributed by atoms with Crippen LogP contribution in [0.25, 0.3) is 5.57 Å². The zero-order valence-electron chi connectivity index (χ0n) is 12.4. The van der Waals surface area contributed by atoms with Crippen LogP contribution < -0.4 is 0 Å². The maximum absolute atomic E-state index is 12.8. The quantitative estimate of drug-likeness (QED) is 0.834. The molecular formula is C19H19NO. The molecule has 2 aromatic carbocycles. The highest BCUT2D eigenvalue weighted by Gasteiger charge is 2.36. The van der Waals surface area contributed by atoms with E-state index >= 15 is 0 Å². The van der Waals surface area contributed by atoms with E-state index in [4.69, 9.17) is 0 Å². The summed E-state index contributed by atoms with van der Waals surface area (Å²) in [7, 11) is 0. The third-order valence-corrected chi connectivity index (χ3v) is 4.19. The van der Waals surface area contributed by atoms with Crippen molar-refractivity contribution in [1.29, 1.82) is 0 Å². The second-order valence-electron chi connectivity index (χ2n) is 5.82. The van der Waals surface area contributed by atoms with E-state index in [1.54, 1.807) is 0 Å². The molecule has 0 fully saturated rings. The summed E-state index contributed by atoms with van der Waals surface area (Å²) in [5.41, 5.74) is 2.64. The van der Waals surface area contributed by atoms with Crippen molar-refractivity contribution >= 4 is 11.5 Å². The lowest BCUT2D eigenvalue weighted by Gasteiger charge is -2.36. The van der Waals surface area contributed by atoms with Crippen LogP contribution in [0, 0.1) is 0 Å². The maximum Gasteiger partial charge on any atom is 0.255 e. The van der Waals surface area contributed by atoms with Gasteiger partial charge in [-0.3, -0.25) is 4.79 Å². The van der Waals surface area contributed by atoms with E-state index in [0.29, 0.717) is 6.54 Å². The molecule has 0 bridgehead atoms. The number of benzene rings is 2. The van der Waals surface area contributed by atoms with E-state index in [0.717, 1.165) is 16.7 Å². The number of nitrogens with zero attached hydrogens (tertiary/aromatic N) is 1. The van der Waals surface area contributed by atoms with Gasteiger partial charge in [0, 0.05) is 12.1 Å². The molecule has 0 saturated heterocycles. The van der Waals surface area contributed by atoms with Gasteiger partial charge < -0.3 is 4.90 Å². The molecule has 106 valence electrons. The molecule has 0 spiro atoms. The van der Waals surface area contributed by atoms with Crippen molar-refractivity contribution in [1.82, 2.24) is 4.90 Å². The third-order valence-electron chi connectivity index (χ3n) is 4.19. The Morgan fingerprint density at radius 3 is 2.10 bits per heavy atom. The lowest BCUT2D eigenvalue weighted by molar-refractivity contribution is -0.128. The molecule has 0 saturated carbocycles. The molecule has 0 radical (unpaired) electrons. The summed E-state index contributed by atoms with van der Waals surface area (Å²) in [5, 5.41) is 0. The van der Waals surface area contributed by atoms with Crippen molar-refractivity contribution < 1.29 is 4.79 Å². The fourth-order valence-electron chi connectivity index (χ4n) is 2.84. The van der Waals surface area contributed by atoms with Gasteiger partial charge in [-0.25, -0.2) is 0 Å². The Balaban J connectivity index is 1.89. The van der Waals surface area contributed by atoms with E-state index < -0.39 is 0 Å². The molecule has 2 aromatic rings. The maximum atomic E-state index is 12.8. The van der Waals surface area contributed by atoms with Crippen LogP contribution >= 0.6 is 0 Å². The van der Waals surface area contributed by atoms with Gasteiger partial charge in [-0.15, -0.1) is 0 Å². The van der Waals surface area contributed by atoms with Crippen LogP contribution in [-0.4, -0.2) is 17.4 Å². The van der Waals surface area contributed by atoms with Crippen molar-refractivity contribution in [2.75, 3.05) is 6.54 Å². The second kappa shape index (κ2) is 5.21. The molecule has 3 rings (SSSR count). The normalized spacial score (nSPS) is 15.2. The van der Waals surface area contributed by atoms with E-state index in [1.807, 2.05) is 59.5 Å². The Kier molecular flexibility index (Phi) is 3.38. The third kappa shape index (κ3) is 2.38. The highest BCUT2D eigenvalue weighted by molar-refractivity contribution is 6.21. The minimum absolute atomic E-state index is 0.107. The zero-order chi connectivity index (χ0) is 14.9. The first-order chi connectivity index (χ1) is 10.1. The average Bonchev–Trinajstić information content (AvgIpc) is 2.91. The lowest BCUT2D eigenvalue weighted by Crippen LogP contribution is -2.43. The Morgan fingerprint density at radius 2 is 1.48 bits per heavy atom. The van der Waals surface area contributed by atoms with Gasteiger partial charge in [0.05, 0.1) is 5.54 Å². The molecule has 1 aliphatic heterocycles. The van der Waals surface area contributed by atoms with Crippen LogP contribution in [0.2, 0.25) is 0 Å². The number of hydrogen-bond donors (Lipinski definition) is 0. The first-order valence-electron chi connectivity index (χ1n) is 7.24. The SMILES string of the molecule is CC(C)(c1ccccc1)N1CC=C(c2ccccc2)C1=O. The number of carbonyl (C=O) groups excluding carboxylic acids is 1. The number of rotatable bonds is 3. The topological polar surface area (TPSA) is 20.3 Å². The molecule has 0 atom stereocenters. The highest BCUT2D eigenvalue weighted by Crippen LogP contribution is 2.34. The van der Waals surface area contributed by atoms with Crippen molar-refractivity contribution in [2.45, 2.75) is 19.4 Å². The standard InChI is InChI=1S/C19H19NO/c1-19(2,16-11-7-4-8-12-16)20-14-13-17(18(20)21)15-9-5-3-6-10-15/h3-13H,14H2,1-2H3. The largest absolute Gasteiger partial charge is 0.326 e. The molecular weight excluding hydrogens is 258 g/mol. The Bertz CT molecular complexity index is 671. The van der Waals surface area contributed by atoms with Crippen molar-refractivity contribution in [3.05, 3.63) is 77.9 Å². The molecule has 1 heterocycles. The van der Waals surface area contributed by atoms with Gasteiger partial charge in [-0.1, -0.05) is 66.7 Å². The van der Waals surface area contributed by atoms with Gasteiger partial charge in [0.1, 0.15) is 0 Å². The molecule has 0 unspecified atom stereocenters. The summed E-state index contributed by atoms with van der Waals surface area (Å²) < 4.78 is 0. The van der Waals surface area contributed by atoms with E-state index in [1.165, 1.54) is 0 Å². The fourth-order valence-corrected chi connectivity index (χ4v) is 2.84. The summed E-state index contributed by atoms with van der Waals surface area (Å²) >= 11 is 0. The van der Waals surface area contributed by atoms with Gasteiger partial charge in [0.25, 0.3) is 5.91 Å². The van der Waals surface area contributed by atoms with Gasteiger partial charge >= 0.3 is 0 Å². The van der Waals surface area contributed by atoms with Gasteiger partial charge in [-0.05, 0) is 25.0 Å². The molecule has 0 aliphatic carbocycles. The first-order valence-corrected chi connectivity index (χ1v) is 7.24. The zero-order valence-corrected chi connectivity index (χ0v) is 12.4. The van der Waals surface area contributed by atoms with Crippen LogP contribution in [-0.2, 0) is 10.3 Å². The Hall–Kier alpha value is -2.35. The summed E-state index contributed by atoms with van der Waals surface area (Å²) in [4.78, 5) is 14.7. The predicted molar refractivity (Wildman–Crippen MR) is 85.6 cm³/mol. The number of amides is 1. The van der Waals surface area contributed by atoms with Crippen molar-refractivity contribution in [2.24, 2.45) is 0 Å². The van der Waals surface area contributed by atoms with E-state index in [2.05, 4.69) is 26.0 Å². The smallest absolute Gasteiger partial charge is 0.255 e. The molecule has 2 nitrogen and oxygen atoms in total. The van der Waals surface area contributed by atoms with Gasteiger partial charge in [0.2, 0.25) is 0 Å². The fraction of sp³-hybridized carbons (Fsp3) is 0.211. The molecule has 21 heavy (non-hydrogen) atoms. The summed E-state index contributed by atoms with van der Waals surface area (Å²) in [5.74, 6) is 0.107. The van der Waals surface area contributed by atoms with Crippen LogP contribution in [0.4, 0.5) is 0 Å². The molecule has 0 N–H and O–H groups in total. The molecule has 0 aromatic heterocycles. The Morgan fingerprint density at radius 1 is 0.905 bits per heavy atom. The number of hydrogen-bond acceptors (Lipinski definition) is 1. The average molecular weight is 277 g/mol. The van der Waals surface area contributed by atoms with Crippen molar-refractivity contribution in [3.8, 4) is 0 Å². The summed E-state index contributed by atoms with van der Waals surface area (Å²) in [6.45, 7) is 4.86.